The highest BCUT2D eigenvalue weighted by Crippen LogP contribution is 2.30. The predicted molar refractivity (Wildman–Crippen MR) is 78.8 cm³/mol. The summed E-state index contributed by atoms with van der Waals surface area (Å²) in [5.74, 6) is 3.66. The molecule has 1 aliphatic carbocycles. The van der Waals surface area contributed by atoms with Crippen LogP contribution in [0.15, 0.2) is 0 Å². The lowest BCUT2D eigenvalue weighted by Gasteiger charge is -2.24. The Morgan fingerprint density at radius 3 is 2.95 bits per heavy atom. The maximum absolute atomic E-state index is 10.4. The van der Waals surface area contributed by atoms with E-state index >= 15 is 0 Å². The largest absolute Gasteiger partial charge is 0.387 e. The molecule has 104 valence electrons. The van der Waals surface area contributed by atoms with Crippen molar-refractivity contribution in [2.24, 2.45) is 0 Å². The van der Waals surface area contributed by atoms with Crippen LogP contribution < -0.4 is 5.32 Å². The van der Waals surface area contributed by atoms with Crippen molar-refractivity contribution in [3.8, 4) is 0 Å². The summed E-state index contributed by atoms with van der Waals surface area (Å²) >= 11 is 1.83. The maximum atomic E-state index is 10.4. The summed E-state index contributed by atoms with van der Waals surface area (Å²) in [6.07, 6.45) is 5.44. The van der Waals surface area contributed by atoms with Gasteiger partial charge < -0.3 is 10.4 Å². The van der Waals surface area contributed by atoms with Gasteiger partial charge >= 0.3 is 0 Å². The molecule has 0 radical (unpaired) electrons. The third-order valence-corrected chi connectivity index (χ3v) is 5.20. The van der Waals surface area contributed by atoms with Gasteiger partial charge in [-0.1, -0.05) is 0 Å². The molecule has 5 heteroatoms. The molecule has 0 amide bonds. The number of fused-ring (bicyclic) bond motifs is 1. The summed E-state index contributed by atoms with van der Waals surface area (Å²) in [6, 6.07) is 0. The van der Waals surface area contributed by atoms with Crippen molar-refractivity contribution in [1.82, 2.24) is 9.97 Å². The second-order valence-corrected chi connectivity index (χ2v) is 6.74. The van der Waals surface area contributed by atoms with Crippen molar-refractivity contribution in [3.63, 3.8) is 0 Å². The molecule has 1 fully saturated rings. The van der Waals surface area contributed by atoms with Crippen molar-refractivity contribution >= 4 is 17.6 Å². The third kappa shape index (κ3) is 2.87. The highest BCUT2D eigenvalue weighted by molar-refractivity contribution is 7.99. The van der Waals surface area contributed by atoms with Crippen LogP contribution in [-0.2, 0) is 12.8 Å². The first-order valence-corrected chi connectivity index (χ1v) is 8.22. The molecule has 1 saturated heterocycles. The molecule has 2 N–H and O–H groups in total. The van der Waals surface area contributed by atoms with Gasteiger partial charge in [0.15, 0.2) is 0 Å². The molecule has 1 aliphatic heterocycles. The molecule has 1 aromatic rings. The zero-order valence-corrected chi connectivity index (χ0v) is 12.2. The van der Waals surface area contributed by atoms with E-state index in [-0.39, 0.29) is 0 Å². The average molecular weight is 279 g/mol. The second kappa shape index (κ2) is 5.29. The highest BCUT2D eigenvalue weighted by Gasteiger charge is 2.32. The molecule has 1 atom stereocenters. The molecular formula is C14H21N3OS. The molecule has 1 unspecified atom stereocenters. The molecule has 2 aliphatic rings. The number of thioether (sulfide) groups is 1. The molecule has 2 heterocycles. The van der Waals surface area contributed by atoms with Crippen LogP contribution >= 0.6 is 11.8 Å². The fraction of sp³-hybridized carbons (Fsp3) is 0.714. The Hall–Kier alpha value is -0.810. The van der Waals surface area contributed by atoms with Gasteiger partial charge in [-0.25, -0.2) is 9.97 Å². The summed E-state index contributed by atoms with van der Waals surface area (Å²) in [4.78, 5) is 9.09. The predicted octanol–water partition coefficient (Wildman–Crippen LogP) is 1.94. The molecule has 0 saturated carbocycles. The minimum absolute atomic E-state index is 0.564. The summed E-state index contributed by atoms with van der Waals surface area (Å²) < 4.78 is 0. The first-order valence-electron chi connectivity index (χ1n) is 7.07. The Morgan fingerprint density at radius 1 is 1.32 bits per heavy atom. The molecule has 3 rings (SSSR count). The van der Waals surface area contributed by atoms with Gasteiger partial charge in [-0.2, -0.15) is 11.8 Å². The molecule has 0 spiro atoms. The smallest absolute Gasteiger partial charge is 0.133 e. The molecule has 0 bridgehead atoms. The topological polar surface area (TPSA) is 58.0 Å². The molecule has 0 aromatic carbocycles. The van der Waals surface area contributed by atoms with Crippen molar-refractivity contribution < 1.29 is 5.11 Å². The Kier molecular flexibility index (Phi) is 3.67. The van der Waals surface area contributed by atoms with E-state index in [0.717, 1.165) is 42.4 Å². The summed E-state index contributed by atoms with van der Waals surface area (Å²) in [7, 11) is 0. The lowest BCUT2D eigenvalue weighted by atomic mass is 9.96. The highest BCUT2D eigenvalue weighted by atomic mass is 32.2. The maximum Gasteiger partial charge on any atom is 0.133 e. The third-order valence-electron chi connectivity index (χ3n) is 3.96. The van der Waals surface area contributed by atoms with Crippen molar-refractivity contribution in [1.29, 1.82) is 0 Å². The van der Waals surface area contributed by atoms with Crippen LogP contribution in [0, 0.1) is 6.92 Å². The van der Waals surface area contributed by atoms with E-state index in [1.165, 1.54) is 24.1 Å². The number of hydrogen-bond acceptors (Lipinski definition) is 5. The van der Waals surface area contributed by atoms with E-state index in [9.17, 15) is 5.11 Å². The number of anilines is 1. The van der Waals surface area contributed by atoms with Crippen LogP contribution in [0.5, 0.6) is 0 Å². The SMILES string of the molecule is Cc1nc2c(c(NCC3(O)CCSC3)n1)CCCC2. The van der Waals surface area contributed by atoms with Gasteiger partial charge in [0.25, 0.3) is 0 Å². The zero-order chi connectivity index (χ0) is 13.3. The van der Waals surface area contributed by atoms with Gasteiger partial charge in [-0.15, -0.1) is 0 Å². The van der Waals surface area contributed by atoms with Gasteiger partial charge in [-0.05, 0) is 44.8 Å². The molecular weight excluding hydrogens is 258 g/mol. The average Bonchev–Trinajstić information content (AvgIpc) is 2.83. The van der Waals surface area contributed by atoms with E-state index < -0.39 is 5.60 Å². The minimum Gasteiger partial charge on any atom is -0.387 e. The quantitative estimate of drug-likeness (QED) is 0.885. The number of rotatable bonds is 3. The van der Waals surface area contributed by atoms with Gasteiger partial charge in [0.1, 0.15) is 11.6 Å². The number of nitrogens with one attached hydrogen (secondary N) is 1. The second-order valence-electron chi connectivity index (χ2n) is 5.63. The van der Waals surface area contributed by atoms with E-state index in [2.05, 4.69) is 15.3 Å². The Labute approximate surface area is 118 Å². The lowest BCUT2D eigenvalue weighted by molar-refractivity contribution is 0.0819. The number of aromatic nitrogens is 2. The fourth-order valence-electron chi connectivity index (χ4n) is 2.85. The molecule has 4 nitrogen and oxygen atoms in total. The zero-order valence-electron chi connectivity index (χ0n) is 11.4. The van der Waals surface area contributed by atoms with Crippen LogP contribution in [0.1, 0.15) is 36.3 Å². The van der Waals surface area contributed by atoms with E-state index in [4.69, 9.17) is 0 Å². The summed E-state index contributed by atoms with van der Waals surface area (Å²) in [5, 5.41) is 13.8. The van der Waals surface area contributed by atoms with Crippen LogP contribution in [0.4, 0.5) is 5.82 Å². The standard InChI is InChI=1S/C14H21N3OS/c1-10-16-12-5-3-2-4-11(12)13(17-10)15-8-14(18)6-7-19-9-14/h18H,2-9H2,1H3,(H,15,16,17). The van der Waals surface area contributed by atoms with Gasteiger partial charge in [0, 0.05) is 23.6 Å². The summed E-state index contributed by atoms with van der Waals surface area (Å²) in [5.41, 5.74) is 1.91. The molecule has 19 heavy (non-hydrogen) atoms. The monoisotopic (exact) mass is 279 g/mol. The van der Waals surface area contributed by atoms with Gasteiger partial charge in [-0.3, -0.25) is 0 Å². The Balaban J connectivity index is 1.78. The van der Waals surface area contributed by atoms with Gasteiger partial charge in [0.05, 0.1) is 5.60 Å². The van der Waals surface area contributed by atoms with Crippen LogP contribution in [0.25, 0.3) is 0 Å². The number of aryl methyl sites for hydroxylation is 2. The fourth-order valence-corrected chi connectivity index (χ4v) is 4.14. The minimum atomic E-state index is -0.564. The summed E-state index contributed by atoms with van der Waals surface area (Å²) in [6.45, 7) is 2.54. The van der Waals surface area contributed by atoms with E-state index in [0.29, 0.717) is 6.54 Å². The van der Waals surface area contributed by atoms with E-state index in [1.807, 2.05) is 18.7 Å². The van der Waals surface area contributed by atoms with Gasteiger partial charge in [0.2, 0.25) is 0 Å². The van der Waals surface area contributed by atoms with Crippen molar-refractivity contribution in [2.75, 3.05) is 23.4 Å². The number of aliphatic hydroxyl groups is 1. The normalized spacial score (nSPS) is 26.2. The number of nitrogens with zero attached hydrogens (tertiary/aromatic N) is 2. The van der Waals surface area contributed by atoms with E-state index in [1.54, 1.807) is 0 Å². The van der Waals surface area contributed by atoms with Crippen molar-refractivity contribution in [2.45, 2.75) is 44.6 Å². The van der Waals surface area contributed by atoms with Crippen LogP contribution in [0.3, 0.4) is 0 Å². The number of hydrogen-bond donors (Lipinski definition) is 2. The Morgan fingerprint density at radius 2 is 2.16 bits per heavy atom. The first-order chi connectivity index (χ1) is 9.16. The van der Waals surface area contributed by atoms with Crippen LogP contribution in [0.2, 0.25) is 0 Å². The lowest BCUT2D eigenvalue weighted by Crippen LogP contribution is -2.37. The molecule has 1 aromatic heterocycles. The van der Waals surface area contributed by atoms with Crippen LogP contribution in [-0.4, -0.2) is 38.7 Å². The van der Waals surface area contributed by atoms with Crippen molar-refractivity contribution in [3.05, 3.63) is 17.1 Å². The first kappa shape index (κ1) is 13.2. The Bertz CT molecular complexity index is 472.